The van der Waals surface area contributed by atoms with Crippen LogP contribution in [0.1, 0.15) is 36.4 Å². The highest BCUT2D eigenvalue weighted by Gasteiger charge is 2.22. The average molecular weight is 400 g/mol. The number of amides is 1. The van der Waals surface area contributed by atoms with Gasteiger partial charge in [-0.15, -0.1) is 12.4 Å². The van der Waals surface area contributed by atoms with E-state index in [1.807, 2.05) is 18.2 Å². The molecule has 1 amide bonds. The second kappa shape index (κ2) is 8.07. The van der Waals surface area contributed by atoms with E-state index in [1.54, 1.807) is 0 Å². The first-order valence-corrected chi connectivity index (χ1v) is 9.60. The second-order valence-corrected chi connectivity index (χ2v) is 7.77. The van der Waals surface area contributed by atoms with Gasteiger partial charge >= 0.3 is 0 Å². The number of anilines is 1. The van der Waals surface area contributed by atoms with Crippen molar-refractivity contribution in [2.75, 3.05) is 5.73 Å². The van der Waals surface area contributed by atoms with Crippen LogP contribution in [0.5, 0.6) is 0 Å². The Labute approximate surface area is 158 Å². The highest BCUT2D eigenvalue weighted by atomic mass is 35.5. The fourth-order valence-electron chi connectivity index (χ4n) is 3.08. The number of aryl methyl sites for hydroxylation is 2. The maximum Gasteiger partial charge on any atom is 0.241 e. The number of hydrogen-bond acceptors (Lipinski definition) is 5. The van der Waals surface area contributed by atoms with Crippen molar-refractivity contribution in [3.63, 3.8) is 0 Å². The first-order chi connectivity index (χ1) is 11.8. The monoisotopic (exact) mass is 399 g/mol. The van der Waals surface area contributed by atoms with E-state index in [0.29, 0.717) is 0 Å². The minimum Gasteiger partial charge on any atom is -0.399 e. The van der Waals surface area contributed by atoms with Crippen LogP contribution in [0.3, 0.4) is 0 Å². The molecule has 26 heavy (non-hydrogen) atoms. The molecule has 1 aromatic carbocycles. The van der Waals surface area contributed by atoms with Gasteiger partial charge in [-0.2, -0.15) is 5.10 Å². The molecule has 5 N–H and O–H groups in total. The molecule has 2 aromatic rings. The van der Waals surface area contributed by atoms with Crippen molar-refractivity contribution in [1.29, 1.82) is 0 Å². The van der Waals surface area contributed by atoms with Crippen LogP contribution in [-0.2, 0) is 27.8 Å². The molecule has 3 rings (SSSR count). The summed E-state index contributed by atoms with van der Waals surface area (Å²) < 4.78 is 23.8. The number of rotatable bonds is 5. The quantitative estimate of drug-likeness (QED) is 0.648. The summed E-state index contributed by atoms with van der Waals surface area (Å²) in [6.07, 6.45) is 5.55. The molecule has 8 nitrogen and oxygen atoms in total. The molecule has 0 aliphatic heterocycles. The largest absolute Gasteiger partial charge is 0.399 e. The highest BCUT2D eigenvalue weighted by molar-refractivity contribution is 7.89. The van der Waals surface area contributed by atoms with Crippen molar-refractivity contribution in [3.05, 3.63) is 41.7 Å². The summed E-state index contributed by atoms with van der Waals surface area (Å²) in [5, 5.41) is 12.0. The molecule has 1 aliphatic rings. The molecule has 1 unspecified atom stereocenters. The molecule has 0 saturated carbocycles. The zero-order valence-electron chi connectivity index (χ0n) is 14.1. The van der Waals surface area contributed by atoms with E-state index < -0.39 is 10.0 Å². The summed E-state index contributed by atoms with van der Waals surface area (Å²) in [7, 11) is -3.77. The Balaban J connectivity index is 0.00000243. The molecule has 142 valence electrons. The van der Waals surface area contributed by atoms with Crippen molar-refractivity contribution in [2.45, 2.75) is 43.2 Å². The van der Waals surface area contributed by atoms with Gasteiger partial charge in [0.2, 0.25) is 15.9 Å². The van der Waals surface area contributed by atoms with Crippen LogP contribution in [0.15, 0.2) is 35.5 Å². The van der Waals surface area contributed by atoms with Crippen molar-refractivity contribution in [2.24, 2.45) is 5.14 Å². The van der Waals surface area contributed by atoms with Gasteiger partial charge in [0.25, 0.3) is 0 Å². The van der Waals surface area contributed by atoms with Crippen molar-refractivity contribution in [1.82, 2.24) is 15.1 Å². The molecule has 10 heteroatoms. The fraction of sp³-hybridized carbons (Fsp3) is 0.375. The van der Waals surface area contributed by atoms with Crippen molar-refractivity contribution < 1.29 is 13.2 Å². The molecule has 1 atom stereocenters. The number of nitrogens with two attached hydrogens (primary N) is 2. The minimum absolute atomic E-state index is 0. The second-order valence-electron chi connectivity index (χ2n) is 6.20. The van der Waals surface area contributed by atoms with E-state index in [1.165, 1.54) is 22.6 Å². The van der Waals surface area contributed by atoms with Crippen LogP contribution in [-0.4, -0.2) is 24.1 Å². The Morgan fingerprint density at radius 3 is 2.85 bits per heavy atom. The van der Waals surface area contributed by atoms with Gasteiger partial charge in [0.05, 0.1) is 12.2 Å². The summed E-state index contributed by atoms with van der Waals surface area (Å²) in [4.78, 5) is 12.2. The topological polar surface area (TPSA) is 133 Å². The van der Waals surface area contributed by atoms with Gasteiger partial charge in [0.15, 0.2) is 0 Å². The van der Waals surface area contributed by atoms with Crippen LogP contribution in [0.25, 0.3) is 0 Å². The zero-order valence-corrected chi connectivity index (χ0v) is 15.7. The number of carbonyl (C=O) groups excluding carboxylic acids is 1. The van der Waals surface area contributed by atoms with Crippen LogP contribution < -0.4 is 16.2 Å². The lowest BCUT2D eigenvalue weighted by molar-refractivity contribution is -0.122. The number of fused-ring (bicyclic) bond motifs is 1. The predicted octanol–water partition coefficient (Wildman–Crippen LogP) is 1.12. The van der Waals surface area contributed by atoms with Crippen LogP contribution in [0.4, 0.5) is 5.69 Å². The molecular formula is C16H22ClN5O3S. The highest BCUT2D eigenvalue weighted by Crippen LogP contribution is 2.31. The van der Waals surface area contributed by atoms with E-state index >= 15 is 0 Å². The lowest BCUT2D eigenvalue weighted by atomic mass is 9.87. The summed E-state index contributed by atoms with van der Waals surface area (Å²) in [6.45, 7) is 0.280. The third kappa shape index (κ3) is 4.75. The first kappa shape index (κ1) is 20.2. The van der Waals surface area contributed by atoms with E-state index in [2.05, 4.69) is 10.4 Å². The smallest absolute Gasteiger partial charge is 0.241 e. The molecule has 1 aromatic heterocycles. The molecule has 1 aliphatic carbocycles. The third-order valence-electron chi connectivity index (χ3n) is 4.32. The SMILES string of the molecule is Cl.Nc1ccc2c(c1)CCCC2NC(=O)CCn1cc(S(N)(=O)=O)cn1. The Morgan fingerprint density at radius 1 is 1.38 bits per heavy atom. The number of sulfonamides is 1. The number of nitrogens with one attached hydrogen (secondary N) is 1. The van der Waals surface area contributed by atoms with Crippen molar-refractivity contribution in [3.8, 4) is 0 Å². The Morgan fingerprint density at radius 2 is 2.15 bits per heavy atom. The van der Waals surface area contributed by atoms with Crippen LogP contribution >= 0.6 is 12.4 Å². The average Bonchev–Trinajstić information content (AvgIpc) is 3.02. The molecule has 0 bridgehead atoms. The lowest BCUT2D eigenvalue weighted by Crippen LogP contribution is -2.31. The molecule has 0 saturated heterocycles. The maximum atomic E-state index is 12.2. The fourth-order valence-corrected chi connectivity index (χ4v) is 3.54. The van der Waals surface area contributed by atoms with E-state index in [4.69, 9.17) is 10.9 Å². The number of aromatic nitrogens is 2. The molecule has 0 spiro atoms. The van der Waals surface area contributed by atoms with E-state index in [-0.39, 0.29) is 42.2 Å². The molecule has 1 heterocycles. The standard InChI is InChI=1S/C16H21N5O3S.ClH/c17-12-4-5-14-11(8-12)2-1-3-15(14)20-16(22)6-7-21-10-13(9-19-21)25(18,23)24;/h4-5,8-10,15H,1-3,6-7,17H2,(H,20,22)(H2,18,23,24);1H. The molecule has 0 fully saturated rings. The Kier molecular flexibility index (Phi) is 6.27. The maximum absolute atomic E-state index is 12.2. The number of carbonyl (C=O) groups is 1. The summed E-state index contributed by atoms with van der Waals surface area (Å²) in [6, 6.07) is 5.77. The number of hydrogen-bond donors (Lipinski definition) is 3. The Bertz CT molecular complexity index is 897. The van der Waals surface area contributed by atoms with Gasteiger partial charge in [-0.3, -0.25) is 9.48 Å². The number of nitrogens with zero attached hydrogens (tertiary/aromatic N) is 2. The zero-order chi connectivity index (χ0) is 18.0. The van der Waals surface area contributed by atoms with Crippen LogP contribution in [0.2, 0.25) is 0 Å². The first-order valence-electron chi connectivity index (χ1n) is 8.06. The van der Waals surface area contributed by atoms with Gasteiger partial charge in [0.1, 0.15) is 4.90 Å². The minimum atomic E-state index is -3.77. The number of benzene rings is 1. The number of primary sulfonamides is 1. The van der Waals surface area contributed by atoms with Crippen molar-refractivity contribution >= 4 is 34.0 Å². The van der Waals surface area contributed by atoms with Gasteiger partial charge in [0, 0.05) is 24.8 Å². The molecular weight excluding hydrogens is 378 g/mol. The number of nitrogen functional groups attached to an aromatic ring is 1. The van der Waals surface area contributed by atoms with Gasteiger partial charge < -0.3 is 11.1 Å². The molecule has 0 radical (unpaired) electrons. The van der Waals surface area contributed by atoms with Gasteiger partial charge in [-0.25, -0.2) is 13.6 Å². The third-order valence-corrected chi connectivity index (χ3v) is 5.19. The lowest BCUT2D eigenvalue weighted by Gasteiger charge is -2.26. The Hall–Kier alpha value is -2.10. The summed E-state index contributed by atoms with van der Waals surface area (Å²) in [5.74, 6) is -0.109. The summed E-state index contributed by atoms with van der Waals surface area (Å²) in [5.41, 5.74) is 8.85. The van der Waals surface area contributed by atoms with Crippen LogP contribution in [0, 0.1) is 0 Å². The summed E-state index contributed by atoms with van der Waals surface area (Å²) >= 11 is 0. The van der Waals surface area contributed by atoms with Gasteiger partial charge in [-0.1, -0.05) is 6.07 Å². The van der Waals surface area contributed by atoms with E-state index in [0.717, 1.165) is 30.5 Å². The van der Waals surface area contributed by atoms with E-state index in [9.17, 15) is 13.2 Å². The normalized spacial score (nSPS) is 16.4. The van der Waals surface area contributed by atoms with Gasteiger partial charge in [-0.05, 0) is 42.5 Å². The number of halogens is 1. The predicted molar refractivity (Wildman–Crippen MR) is 100 cm³/mol.